The first-order chi connectivity index (χ1) is 8.75. The van der Waals surface area contributed by atoms with E-state index in [9.17, 15) is 0 Å². The molecule has 0 radical (unpaired) electrons. The van der Waals surface area contributed by atoms with Crippen LogP contribution in [0.15, 0.2) is 70.5 Å². The molecule has 2 rings (SSSR count). The minimum atomic E-state index is 0.595. The van der Waals surface area contributed by atoms with E-state index in [1.807, 2.05) is 23.5 Å². The maximum absolute atomic E-state index is 2.30. The lowest BCUT2D eigenvalue weighted by atomic mass is 10.3. The second kappa shape index (κ2) is 6.91. The van der Waals surface area contributed by atoms with Crippen molar-refractivity contribution >= 4 is 23.5 Å². The van der Waals surface area contributed by atoms with E-state index in [0.29, 0.717) is 10.5 Å². The summed E-state index contributed by atoms with van der Waals surface area (Å²) in [5, 5.41) is 1.19. The Morgan fingerprint density at radius 1 is 0.611 bits per heavy atom. The molecule has 0 aliphatic heterocycles. The molecule has 2 atom stereocenters. The van der Waals surface area contributed by atoms with Crippen LogP contribution >= 0.6 is 23.5 Å². The molecule has 0 bridgehead atoms. The van der Waals surface area contributed by atoms with E-state index < -0.39 is 0 Å². The third-order valence-electron chi connectivity index (χ3n) is 2.79. The second-order valence-electron chi connectivity index (χ2n) is 4.27. The van der Waals surface area contributed by atoms with Crippen LogP contribution < -0.4 is 0 Å². The fourth-order valence-corrected chi connectivity index (χ4v) is 3.82. The Kier molecular flexibility index (Phi) is 5.21. The van der Waals surface area contributed by atoms with Crippen molar-refractivity contribution in [2.45, 2.75) is 34.1 Å². The molecule has 0 saturated carbocycles. The number of benzene rings is 2. The lowest BCUT2D eigenvalue weighted by Crippen LogP contribution is -2.11. The highest BCUT2D eigenvalue weighted by atomic mass is 32.2. The lowest BCUT2D eigenvalue weighted by Gasteiger charge is -2.19. The van der Waals surface area contributed by atoms with Crippen LogP contribution in [0.5, 0.6) is 0 Å². The second-order valence-corrected chi connectivity index (χ2v) is 7.17. The smallest absolute Gasteiger partial charge is 0.0186 e. The van der Waals surface area contributed by atoms with Crippen molar-refractivity contribution in [2.24, 2.45) is 0 Å². The molecule has 0 saturated heterocycles. The molecule has 2 aromatic rings. The van der Waals surface area contributed by atoms with Gasteiger partial charge in [0.1, 0.15) is 0 Å². The molecule has 0 heterocycles. The van der Waals surface area contributed by atoms with Gasteiger partial charge in [-0.3, -0.25) is 0 Å². The Balaban J connectivity index is 1.91. The van der Waals surface area contributed by atoms with Gasteiger partial charge in [0.15, 0.2) is 0 Å². The molecule has 0 aliphatic carbocycles. The highest BCUT2D eigenvalue weighted by molar-refractivity contribution is 8.03. The summed E-state index contributed by atoms with van der Waals surface area (Å²) < 4.78 is 0. The van der Waals surface area contributed by atoms with E-state index in [1.54, 1.807) is 0 Å². The van der Waals surface area contributed by atoms with Crippen molar-refractivity contribution in [1.82, 2.24) is 0 Å². The van der Waals surface area contributed by atoms with Crippen molar-refractivity contribution < 1.29 is 0 Å². The van der Waals surface area contributed by atoms with Crippen LogP contribution in [0, 0.1) is 0 Å². The standard InChI is InChI=1S/C16H18S2/c1-13(17-15-9-5-3-6-10-15)14(2)18-16-11-7-4-8-12-16/h3-14H,1-2H3/t13-,14+. The van der Waals surface area contributed by atoms with Gasteiger partial charge in [-0.25, -0.2) is 0 Å². The summed E-state index contributed by atoms with van der Waals surface area (Å²) in [6.45, 7) is 4.61. The fraction of sp³-hybridized carbons (Fsp3) is 0.250. The summed E-state index contributed by atoms with van der Waals surface area (Å²) in [6, 6.07) is 21.3. The number of hydrogen-bond donors (Lipinski definition) is 0. The minimum absolute atomic E-state index is 0.595. The SMILES string of the molecule is C[C@H](Sc1ccccc1)[C@@H](C)Sc1ccccc1. The third-order valence-corrected chi connectivity index (χ3v) is 5.61. The lowest BCUT2D eigenvalue weighted by molar-refractivity contribution is 0.925. The normalized spacial score (nSPS) is 14.1. The van der Waals surface area contributed by atoms with Gasteiger partial charge in [-0.1, -0.05) is 50.2 Å². The Morgan fingerprint density at radius 3 is 1.28 bits per heavy atom. The van der Waals surface area contributed by atoms with Gasteiger partial charge in [0.2, 0.25) is 0 Å². The zero-order valence-electron chi connectivity index (χ0n) is 10.7. The molecule has 0 fully saturated rings. The molecule has 0 spiro atoms. The van der Waals surface area contributed by atoms with Gasteiger partial charge in [0, 0.05) is 20.3 Å². The maximum Gasteiger partial charge on any atom is 0.0186 e. The Morgan fingerprint density at radius 2 is 0.944 bits per heavy atom. The van der Waals surface area contributed by atoms with Crippen LogP contribution in [0.1, 0.15) is 13.8 Å². The van der Waals surface area contributed by atoms with Crippen LogP contribution in [0.4, 0.5) is 0 Å². The largest absolute Gasteiger partial charge is 0.122 e. The van der Waals surface area contributed by atoms with Crippen LogP contribution in [-0.2, 0) is 0 Å². The molecule has 0 aromatic heterocycles. The number of rotatable bonds is 5. The molecule has 0 aliphatic rings. The highest BCUT2D eigenvalue weighted by Crippen LogP contribution is 2.33. The van der Waals surface area contributed by atoms with E-state index in [4.69, 9.17) is 0 Å². The molecular weight excluding hydrogens is 256 g/mol. The van der Waals surface area contributed by atoms with E-state index in [1.165, 1.54) is 9.79 Å². The number of hydrogen-bond acceptors (Lipinski definition) is 2. The molecule has 0 N–H and O–H groups in total. The first-order valence-electron chi connectivity index (χ1n) is 6.19. The van der Waals surface area contributed by atoms with Gasteiger partial charge in [-0.2, -0.15) is 0 Å². The third kappa shape index (κ3) is 4.11. The van der Waals surface area contributed by atoms with E-state index >= 15 is 0 Å². The van der Waals surface area contributed by atoms with Gasteiger partial charge in [0.25, 0.3) is 0 Å². The van der Waals surface area contributed by atoms with Gasteiger partial charge in [-0.05, 0) is 24.3 Å². The van der Waals surface area contributed by atoms with E-state index in [-0.39, 0.29) is 0 Å². The summed E-state index contributed by atoms with van der Waals surface area (Å²) in [4.78, 5) is 2.70. The molecular formula is C16H18S2. The van der Waals surface area contributed by atoms with Crippen LogP contribution in [-0.4, -0.2) is 10.5 Å². The topological polar surface area (TPSA) is 0 Å². The molecule has 2 heteroatoms. The molecule has 0 nitrogen and oxygen atoms in total. The summed E-state index contributed by atoms with van der Waals surface area (Å²) in [6.07, 6.45) is 0. The summed E-state index contributed by atoms with van der Waals surface area (Å²) in [5.74, 6) is 0. The molecule has 94 valence electrons. The molecule has 18 heavy (non-hydrogen) atoms. The van der Waals surface area contributed by atoms with Crippen molar-refractivity contribution in [2.75, 3.05) is 0 Å². The van der Waals surface area contributed by atoms with E-state index in [0.717, 1.165) is 0 Å². The van der Waals surface area contributed by atoms with Gasteiger partial charge >= 0.3 is 0 Å². The first-order valence-corrected chi connectivity index (χ1v) is 7.95. The quantitative estimate of drug-likeness (QED) is 0.674. The van der Waals surface area contributed by atoms with Crippen molar-refractivity contribution in [3.63, 3.8) is 0 Å². The Labute approximate surface area is 118 Å². The van der Waals surface area contributed by atoms with Crippen LogP contribution in [0.25, 0.3) is 0 Å². The predicted molar refractivity (Wildman–Crippen MR) is 83.5 cm³/mol. The van der Waals surface area contributed by atoms with Gasteiger partial charge in [0.05, 0.1) is 0 Å². The molecule has 0 unspecified atom stereocenters. The summed E-state index contributed by atoms with van der Waals surface area (Å²) in [7, 11) is 0. The molecule has 2 aromatic carbocycles. The average molecular weight is 274 g/mol. The predicted octanol–water partition coefficient (Wildman–Crippen LogP) is 5.35. The molecule has 0 amide bonds. The summed E-state index contributed by atoms with van der Waals surface area (Å²) >= 11 is 3.90. The van der Waals surface area contributed by atoms with Crippen molar-refractivity contribution in [3.05, 3.63) is 60.7 Å². The maximum atomic E-state index is 2.30. The fourth-order valence-electron chi connectivity index (χ4n) is 1.62. The number of thioether (sulfide) groups is 2. The highest BCUT2D eigenvalue weighted by Gasteiger charge is 2.14. The average Bonchev–Trinajstić information content (AvgIpc) is 2.41. The zero-order chi connectivity index (χ0) is 12.8. The minimum Gasteiger partial charge on any atom is -0.122 e. The zero-order valence-corrected chi connectivity index (χ0v) is 12.4. The first kappa shape index (κ1) is 13.6. The Bertz CT molecular complexity index is 408. The summed E-state index contributed by atoms with van der Waals surface area (Å²) in [5.41, 5.74) is 0. The van der Waals surface area contributed by atoms with Crippen LogP contribution in [0.2, 0.25) is 0 Å². The van der Waals surface area contributed by atoms with E-state index in [2.05, 4.69) is 74.5 Å². The van der Waals surface area contributed by atoms with Crippen molar-refractivity contribution in [1.29, 1.82) is 0 Å². The van der Waals surface area contributed by atoms with Gasteiger partial charge < -0.3 is 0 Å². The van der Waals surface area contributed by atoms with Gasteiger partial charge in [-0.15, -0.1) is 23.5 Å². The van der Waals surface area contributed by atoms with Crippen LogP contribution in [0.3, 0.4) is 0 Å². The van der Waals surface area contributed by atoms with Crippen molar-refractivity contribution in [3.8, 4) is 0 Å². The monoisotopic (exact) mass is 274 g/mol. The Hall–Kier alpha value is -0.860.